The van der Waals surface area contributed by atoms with Crippen molar-refractivity contribution in [2.45, 2.75) is 31.0 Å². The lowest BCUT2D eigenvalue weighted by molar-refractivity contribution is -0.141. The number of alkyl halides is 3. The standard InChI is InChI=1S/C11H13F3N2SSi/c1-17-10-15-8(5-6-18(2,3)4)7-9(16-10)11(12,13)14/h7H,1-4H3. The molecule has 0 spiro atoms. The molecule has 0 unspecified atom stereocenters. The molecule has 0 aliphatic rings. The summed E-state index contributed by atoms with van der Waals surface area (Å²) in [6, 6.07) is 0.896. The fourth-order valence-electron chi connectivity index (χ4n) is 0.977. The van der Waals surface area contributed by atoms with Crippen LogP contribution in [-0.4, -0.2) is 24.3 Å². The Kier molecular flexibility index (Phi) is 4.45. The van der Waals surface area contributed by atoms with Gasteiger partial charge in [0.25, 0.3) is 0 Å². The Labute approximate surface area is 109 Å². The lowest BCUT2D eigenvalue weighted by Crippen LogP contribution is -2.16. The van der Waals surface area contributed by atoms with Gasteiger partial charge in [0.05, 0.1) is 0 Å². The number of hydrogen-bond acceptors (Lipinski definition) is 3. The molecule has 0 saturated carbocycles. The molecule has 1 aromatic rings. The Morgan fingerprint density at radius 1 is 1.22 bits per heavy atom. The van der Waals surface area contributed by atoms with Crippen LogP contribution in [-0.2, 0) is 6.18 Å². The van der Waals surface area contributed by atoms with Crippen LogP contribution in [0.25, 0.3) is 0 Å². The summed E-state index contributed by atoms with van der Waals surface area (Å²) >= 11 is 1.07. The van der Waals surface area contributed by atoms with E-state index in [1.807, 2.05) is 19.6 Å². The first-order valence-electron chi connectivity index (χ1n) is 5.15. The van der Waals surface area contributed by atoms with E-state index in [-0.39, 0.29) is 10.9 Å². The summed E-state index contributed by atoms with van der Waals surface area (Å²) in [6.07, 6.45) is -2.84. The van der Waals surface area contributed by atoms with Crippen molar-refractivity contribution in [3.63, 3.8) is 0 Å². The largest absolute Gasteiger partial charge is 0.433 e. The van der Waals surface area contributed by atoms with Crippen LogP contribution in [0.15, 0.2) is 11.2 Å². The van der Waals surface area contributed by atoms with Crippen LogP contribution < -0.4 is 0 Å². The highest BCUT2D eigenvalue weighted by Gasteiger charge is 2.33. The maximum absolute atomic E-state index is 12.6. The smallest absolute Gasteiger partial charge is 0.218 e. The highest BCUT2D eigenvalue weighted by molar-refractivity contribution is 7.98. The Balaban J connectivity index is 3.24. The highest BCUT2D eigenvalue weighted by atomic mass is 32.2. The van der Waals surface area contributed by atoms with Gasteiger partial charge in [-0.3, -0.25) is 0 Å². The second-order valence-corrected chi connectivity index (χ2v) is 10.1. The van der Waals surface area contributed by atoms with Crippen LogP contribution in [0.5, 0.6) is 0 Å². The minimum atomic E-state index is -4.47. The summed E-state index contributed by atoms with van der Waals surface area (Å²) in [6.45, 7) is 6.05. The average molecular weight is 290 g/mol. The Morgan fingerprint density at radius 3 is 2.28 bits per heavy atom. The monoisotopic (exact) mass is 290 g/mol. The molecule has 2 nitrogen and oxygen atoms in total. The van der Waals surface area contributed by atoms with Gasteiger partial charge < -0.3 is 0 Å². The summed E-state index contributed by atoms with van der Waals surface area (Å²) in [7, 11) is -1.64. The van der Waals surface area contributed by atoms with E-state index in [0.717, 1.165) is 17.8 Å². The van der Waals surface area contributed by atoms with Gasteiger partial charge in [-0.15, -0.1) is 5.54 Å². The third-order valence-corrected chi connectivity index (χ3v) is 3.17. The Hall–Kier alpha value is -1.00. The summed E-state index contributed by atoms with van der Waals surface area (Å²) in [5, 5.41) is 0.0877. The van der Waals surface area contributed by atoms with Crippen LogP contribution in [0.2, 0.25) is 19.6 Å². The van der Waals surface area contributed by atoms with Gasteiger partial charge in [0, 0.05) is 6.07 Å². The van der Waals surface area contributed by atoms with E-state index in [2.05, 4.69) is 21.4 Å². The van der Waals surface area contributed by atoms with Crippen molar-refractivity contribution in [2.75, 3.05) is 6.26 Å². The lowest BCUT2D eigenvalue weighted by Gasteiger charge is -2.07. The van der Waals surface area contributed by atoms with Crippen molar-refractivity contribution >= 4 is 19.8 Å². The molecule has 0 aromatic carbocycles. The van der Waals surface area contributed by atoms with E-state index in [9.17, 15) is 13.2 Å². The normalized spacial score (nSPS) is 11.9. The van der Waals surface area contributed by atoms with Gasteiger partial charge in [0.2, 0.25) is 0 Å². The molecular weight excluding hydrogens is 277 g/mol. The van der Waals surface area contributed by atoms with Crippen LogP contribution >= 0.6 is 11.8 Å². The van der Waals surface area contributed by atoms with Crippen molar-refractivity contribution in [3.8, 4) is 11.5 Å². The fraction of sp³-hybridized carbons (Fsp3) is 0.455. The first kappa shape index (κ1) is 15.1. The summed E-state index contributed by atoms with van der Waals surface area (Å²) in [5.74, 6) is 2.72. The van der Waals surface area contributed by atoms with Gasteiger partial charge >= 0.3 is 6.18 Å². The molecule has 0 radical (unpaired) electrons. The van der Waals surface area contributed by atoms with E-state index in [1.54, 1.807) is 6.26 Å². The van der Waals surface area contributed by atoms with E-state index in [0.29, 0.717) is 0 Å². The van der Waals surface area contributed by atoms with Crippen molar-refractivity contribution in [2.24, 2.45) is 0 Å². The third-order valence-electron chi connectivity index (χ3n) is 1.74. The maximum Gasteiger partial charge on any atom is 0.433 e. The molecule has 0 fully saturated rings. The molecule has 0 saturated heterocycles. The van der Waals surface area contributed by atoms with Crippen molar-refractivity contribution in [3.05, 3.63) is 17.5 Å². The zero-order valence-electron chi connectivity index (χ0n) is 10.5. The van der Waals surface area contributed by atoms with Gasteiger partial charge in [-0.25, -0.2) is 9.97 Å². The number of nitrogens with zero attached hydrogens (tertiary/aromatic N) is 2. The van der Waals surface area contributed by atoms with E-state index in [4.69, 9.17) is 0 Å². The van der Waals surface area contributed by atoms with Gasteiger partial charge in [-0.05, 0) is 6.26 Å². The molecule has 0 aliphatic carbocycles. The summed E-state index contributed by atoms with van der Waals surface area (Å²) in [5.41, 5.74) is 2.18. The van der Waals surface area contributed by atoms with Gasteiger partial charge in [-0.1, -0.05) is 37.3 Å². The first-order chi connectivity index (χ1) is 8.12. The predicted octanol–water partition coefficient (Wildman–Crippen LogP) is 3.45. The molecule has 0 bridgehead atoms. The molecular formula is C11H13F3N2SSi. The third kappa shape index (κ3) is 4.70. The van der Waals surface area contributed by atoms with Crippen LogP contribution in [0.1, 0.15) is 11.4 Å². The summed E-state index contributed by atoms with van der Waals surface area (Å²) < 4.78 is 37.9. The first-order valence-corrected chi connectivity index (χ1v) is 9.88. The number of hydrogen-bond donors (Lipinski definition) is 0. The van der Waals surface area contributed by atoms with Gasteiger partial charge in [-0.2, -0.15) is 13.2 Å². The molecule has 7 heteroatoms. The topological polar surface area (TPSA) is 25.8 Å². The van der Waals surface area contributed by atoms with Crippen molar-refractivity contribution in [1.29, 1.82) is 0 Å². The molecule has 0 N–H and O–H groups in total. The molecule has 0 amide bonds. The second kappa shape index (κ2) is 5.32. The molecule has 1 heterocycles. The van der Waals surface area contributed by atoms with Gasteiger partial charge in [0.15, 0.2) is 5.16 Å². The summed E-state index contributed by atoms with van der Waals surface area (Å²) in [4.78, 5) is 7.41. The van der Waals surface area contributed by atoms with Crippen molar-refractivity contribution in [1.82, 2.24) is 9.97 Å². The molecule has 0 aliphatic heterocycles. The molecule has 0 atom stereocenters. The molecule has 98 valence electrons. The SMILES string of the molecule is CSc1nc(C#C[Si](C)(C)C)cc(C(F)(F)F)n1. The van der Waals surface area contributed by atoms with Crippen molar-refractivity contribution < 1.29 is 13.2 Å². The van der Waals surface area contributed by atoms with E-state index in [1.165, 1.54) is 0 Å². The van der Waals surface area contributed by atoms with Crippen LogP contribution in [0, 0.1) is 11.5 Å². The van der Waals surface area contributed by atoms with E-state index < -0.39 is 19.9 Å². The quantitative estimate of drug-likeness (QED) is 0.343. The van der Waals surface area contributed by atoms with Gasteiger partial charge in [0.1, 0.15) is 19.5 Å². The zero-order valence-corrected chi connectivity index (χ0v) is 12.3. The minimum Gasteiger partial charge on any atom is -0.218 e. The maximum atomic E-state index is 12.6. The lowest BCUT2D eigenvalue weighted by atomic mass is 10.3. The Morgan fingerprint density at radius 2 is 1.83 bits per heavy atom. The molecule has 18 heavy (non-hydrogen) atoms. The number of rotatable bonds is 1. The molecule has 1 rings (SSSR count). The second-order valence-electron chi connectivity index (χ2n) is 4.62. The van der Waals surface area contributed by atoms with Crippen LogP contribution in [0.4, 0.5) is 13.2 Å². The minimum absolute atomic E-state index is 0.0877. The number of thioether (sulfide) groups is 1. The van der Waals surface area contributed by atoms with E-state index >= 15 is 0 Å². The van der Waals surface area contributed by atoms with Crippen LogP contribution in [0.3, 0.4) is 0 Å². The fourth-order valence-corrected chi connectivity index (χ4v) is 1.86. The highest BCUT2D eigenvalue weighted by Crippen LogP contribution is 2.28. The number of aromatic nitrogens is 2. The molecule has 1 aromatic heterocycles. The average Bonchev–Trinajstić information content (AvgIpc) is 2.24. The Bertz CT molecular complexity index is 498. The predicted molar refractivity (Wildman–Crippen MR) is 69.0 cm³/mol. The zero-order chi connectivity index (χ0) is 14.0. The number of halogens is 3.